The fourth-order valence-electron chi connectivity index (χ4n) is 2.98. The standard InChI is InChI=1S/C14H26N2/c15-8-7-14(5-6-14)11-16(9-12-1-2-12)10-13-3-4-13/h12-13H,1-11,15H2. The lowest BCUT2D eigenvalue weighted by molar-refractivity contribution is 0.198. The van der Waals surface area contributed by atoms with Crippen LogP contribution in [0.4, 0.5) is 0 Å². The minimum absolute atomic E-state index is 0.651. The van der Waals surface area contributed by atoms with E-state index in [4.69, 9.17) is 5.73 Å². The molecule has 0 aromatic rings. The molecule has 0 spiro atoms. The molecule has 3 fully saturated rings. The molecule has 2 nitrogen and oxygen atoms in total. The molecular weight excluding hydrogens is 196 g/mol. The summed E-state index contributed by atoms with van der Waals surface area (Å²) in [6, 6.07) is 0. The van der Waals surface area contributed by atoms with Crippen LogP contribution in [0.15, 0.2) is 0 Å². The van der Waals surface area contributed by atoms with Gasteiger partial charge in [-0.05, 0) is 68.7 Å². The normalized spacial score (nSPS) is 27.4. The van der Waals surface area contributed by atoms with Gasteiger partial charge >= 0.3 is 0 Å². The molecule has 0 amide bonds. The van der Waals surface area contributed by atoms with E-state index < -0.39 is 0 Å². The van der Waals surface area contributed by atoms with E-state index in [2.05, 4.69) is 4.90 Å². The summed E-state index contributed by atoms with van der Waals surface area (Å²) in [6.07, 6.45) is 10.1. The highest BCUT2D eigenvalue weighted by molar-refractivity contribution is 4.97. The van der Waals surface area contributed by atoms with Gasteiger partial charge in [-0.25, -0.2) is 0 Å². The topological polar surface area (TPSA) is 29.3 Å². The molecule has 0 aromatic heterocycles. The van der Waals surface area contributed by atoms with Crippen molar-refractivity contribution in [3.05, 3.63) is 0 Å². The number of nitrogens with zero attached hydrogens (tertiary/aromatic N) is 1. The van der Waals surface area contributed by atoms with Gasteiger partial charge in [0.05, 0.1) is 0 Å². The lowest BCUT2D eigenvalue weighted by Crippen LogP contribution is -2.34. The summed E-state index contributed by atoms with van der Waals surface area (Å²) in [6.45, 7) is 5.03. The maximum Gasteiger partial charge on any atom is 0.00387 e. The molecular formula is C14H26N2. The van der Waals surface area contributed by atoms with Gasteiger partial charge in [0.2, 0.25) is 0 Å². The zero-order valence-corrected chi connectivity index (χ0v) is 10.5. The zero-order chi connectivity index (χ0) is 11.0. The van der Waals surface area contributed by atoms with E-state index in [0.717, 1.165) is 18.4 Å². The highest BCUT2D eigenvalue weighted by atomic mass is 15.1. The Kier molecular flexibility index (Phi) is 2.97. The van der Waals surface area contributed by atoms with E-state index >= 15 is 0 Å². The van der Waals surface area contributed by atoms with Gasteiger partial charge in [-0.3, -0.25) is 0 Å². The Balaban J connectivity index is 1.49. The van der Waals surface area contributed by atoms with Crippen LogP contribution in [0.2, 0.25) is 0 Å². The van der Waals surface area contributed by atoms with Crippen LogP contribution in [0.1, 0.15) is 44.9 Å². The van der Waals surface area contributed by atoms with Gasteiger partial charge in [-0.15, -0.1) is 0 Å². The Morgan fingerprint density at radius 2 is 1.56 bits per heavy atom. The lowest BCUT2D eigenvalue weighted by atomic mass is 10.0. The highest BCUT2D eigenvalue weighted by Gasteiger charge is 2.44. The van der Waals surface area contributed by atoms with Gasteiger partial charge in [0, 0.05) is 19.6 Å². The molecule has 0 atom stereocenters. The van der Waals surface area contributed by atoms with Crippen LogP contribution in [0.25, 0.3) is 0 Å². The van der Waals surface area contributed by atoms with Crippen molar-refractivity contribution in [1.82, 2.24) is 4.90 Å². The fraction of sp³-hybridized carbons (Fsp3) is 1.00. The molecule has 3 saturated carbocycles. The lowest BCUT2D eigenvalue weighted by Gasteiger charge is -2.27. The van der Waals surface area contributed by atoms with Crippen LogP contribution in [-0.2, 0) is 0 Å². The van der Waals surface area contributed by atoms with Crippen LogP contribution >= 0.6 is 0 Å². The van der Waals surface area contributed by atoms with Gasteiger partial charge in [0.25, 0.3) is 0 Å². The monoisotopic (exact) mass is 222 g/mol. The van der Waals surface area contributed by atoms with E-state index in [-0.39, 0.29) is 0 Å². The first-order valence-electron chi connectivity index (χ1n) is 7.22. The minimum atomic E-state index is 0.651. The summed E-state index contributed by atoms with van der Waals surface area (Å²) in [5.74, 6) is 2.10. The second kappa shape index (κ2) is 4.30. The SMILES string of the molecule is NCCC1(CN(CC2CC2)CC2CC2)CC1. The maximum absolute atomic E-state index is 5.74. The summed E-state index contributed by atoms with van der Waals surface area (Å²) in [5.41, 5.74) is 6.39. The Bertz CT molecular complexity index is 225. The van der Waals surface area contributed by atoms with Crippen molar-refractivity contribution in [2.45, 2.75) is 44.9 Å². The van der Waals surface area contributed by atoms with E-state index in [1.807, 2.05) is 0 Å². The molecule has 3 rings (SSSR count). The summed E-state index contributed by atoms with van der Waals surface area (Å²) in [4.78, 5) is 2.79. The average Bonchev–Trinajstić information content (AvgIpc) is 3.06. The molecule has 0 unspecified atom stereocenters. The average molecular weight is 222 g/mol. The summed E-state index contributed by atoms with van der Waals surface area (Å²) >= 11 is 0. The number of nitrogens with two attached hydrogens (primary N) is 1. The second-order valence-corrected chi connectivity index (χ2v) is 6.62. The number of hydrogen-bond acceptors (Lipinski definition) is 2. The highest BCUT2D eigenvalue weighted by Crippen LogP contribution is 2.49. The van der Waals surface area contributed by atoms with Crippen LogP contribution < -0.4 is 5.73 Å². The van der Waals surface area contributed by atoms with Crippen molar-refractivity contribution in [1.29, 1.82) is 0 Å². The summed E-state index contributed by atoms with van der Waals surface area (Å²) in [7, 11) is 0. The third-order valence-corrected chi connectivity index (χ3v) is 4.62. The van der Waals surface area contributed by atoms with Gasteiger partial charge in [0.1, 0.15) is 0 Å². The first-order chi connectivity index (χ1) is 7.80. The molecule has 0 radical (unpaired) electrons. The molecule has 0 saturated heterocycles. The summed E-state index contributed by atoms with van der Waals surface area (Å²) < 4.78 is 0. The molecule has 0 aromatic carbocycles. The summed E-state index contributed by atoms with van der Waals surface area (Å²) in [5, 5.41) is 0. The van der Waals surface area contributed by atoms with Crippen LogP contribution in [0, 0.1) is 17.3 Å². The smallest absolute Gasteiger partial charge is 0.00387 e. The fourth-order valence-corrected chi connectivity index (χ4v) is 2.98. The van der Waals surface area contributed by atoms with E-state index in [9.17, 15) is 0 Å². The first-order valence-corrected chi connectivity index (χ1v) is 7.22. The van der Waals surface area contributed by atoms with E-state index in [1.54, 1.807) is 0 Å². The molecule has 2 heteroatoms. The van der Waals surface area contributed by atoms with E-state index in [0.29, 0.717) is 5.41 Å². The van der Waals surface area contributed by atoms with Crippen molar-refractivity contribution in [2.24, 2.45) is 23.0 Å². The van der Waals surface area contributed by atoms with Crippen LogP contribution in [0.3, 0.4) is 0 Å². The van der Waals surface area contributed by atoms with Crippen molar-refractivity contribution >= 4 is 0 Å². The van der Waals surface area contributed by atoms with Gasteiger partial charge in [-0.1, -0.05) is 0 Å². The minimum Gasteiger partial charge on any atom is -0.330 e. The molecule has 0 bridgehead atoms. The van der Waals surface area contributed by atoms with Crippen molar-refractivity contribution in [2.75, 3.05) is 26.2 Å². The van der Waals surface area contributed by atoms with Crippen molar-refractivity contribution < 1.29 is 0 Å². The van der Waals surface area contributed by atoms with Crippen LogP contribution in [0.5, 0.6) is 0 Å². The molecule has 2 N–H and O–H groups in total. The second-order valence-electron chi connectivity index (χ2n) is 6.62. The predicted octanol–water partition coefficient (Wildman–Crippen LogP) is 2.24. The number of hydrogen-bond donors (Lipinski definition) is 1. The Labute approximate surface area is 99.6 Å². The van der Waals surface area contributed by atoms with Crippen molar-refractivity contribution in [3.8, 4) is 0 Å². The zero-order valence-electron chi connectivity index (χ0n) is 10.5. The third kappa shape index (κ3) is 2.98. The molecule has 3 aliphatic carbocycles. The third-order valence-electron chi connectivity index (χ3n) is 4.62. The van der Waals surface area contributed by atoms with Gasteiger partial charge in [-0.2, -0.15) is 0 Å². The number of rotatable bonds is 8. The first kappa shape index (κ1) is 11.0. The Morgan fingerprint density at radius 3 is 1.94 bits per heavy atom. The maximum atomic E-state index is 5.74. The Hall–Kier alpha value is -0.0800. The Morgan fingerprint density at radius 1 is 1.00 bits per heavy atom. The quantitative estimate of drug-likeness (QED) is 0.682. The largest absolute Gasteiger partial charge is 0.330 e. The molecule has 92 valence electrons. The van der Waals surface area contributed by atoms with Gasteiger partial charge in [0.15, 0.2) is 0 Å². The molecule has 16 heavy (non-hydrogen) atoms. The molecule has 3 aliphatic rings. The predicted molar refractivity (Wildman–Crippen MR) is 67.2 cm³/mol. The molecule has 0 aliphatic heterocycles. The van der Waals surface area contributed by atoms with Crippen molar-refractivity contribution in [3.63, 3.8) is 0 Å². The van der Waals surface area contributed by atoms with Crippen LogP contribution in [-0.4, -0.2) is 31.1 Å². The van der Waals surface area contributed by atoms with E-state index in [1.165, 1.54) is 64.6 Å². The molecule has 0 heterocycles. The van der Waals surface area contributed by atoms with Gasteiger partial charge < -0.3 is 10.6 Å².